The topological polar surface area (TPSA) is 76.1 Å². The van der Waals surface area contributed by atoms with Crippen molar-refractivity contribution in [3.8, 4) is 5.75 Å². The normalized spacial score (nSPS) is 10.3. The minimum absolute atomic E-state index is 0.00163. The summed E-state index contributed by atoms with van der Waals surface area (Å²) in [6.07, 6.45) is 5.16. The maximum absolute atomic E-state index is 11.7. The Morgan fingerprint density at radius 2 is 1.92 bits per heavy atom. The molecular weight excluding hydrogens is 363 g/mol. The summed E-state index contributed by atoms with van der Waals surface area (Å²) in [5, 5.41) is 6.98. The van der Waals surface area contributed by atoms with Crippen LogP contribution in [-0.4, -0.2) is 35.6 Å². The molecule has 0 unspecified atom stereocenters. The standard InChI is InChI=1S/C17H20Cl2N4O2/c18-13-5-6-15(14(19)12-13)25-11-1-4-16(24)20-7-2-8-21-17-22-9-3-10-23-17/h3,5-6,9-10,12H,1-2,4,7-8,11H2,(H,20,24)(H,21,22,23). The molecule has 8 heteroatoms. The van der Waals surface area contributed by atoms with E-state index in [2.05, 4.69) is 20.6 Å². The van der Waals surface area contributed by atoms with E-state index < -0.39 is 0 Å². The number of rotatable bonds is 10. The number of nitrogens with zero attached hydrogens (tertiary/aromatic N) is 2. The fraction of sp³-hybridized carbons (Fsp3) is 0.353. The summed E-state index contributed by atoms with van der Waals surface area (Å²) in [5.74, 6) is 1.16. The molecule has 0 atom stereocenters. The molecule has 0 spiro atoms. The predicted molar refractivity (Wildman–Crippen MR) is 99.3 cm³/mol. The van der Waals surface area contributed by atoms with E-state index in [4.69, 9.17) is 27.9 Å². The predicted octanol–water partition coefficient (Wildman–Crippen LogP) is 3.56. The Bertz CT molecular complexity index is 671. The number of amides is 1. The first kappa shape index (κ1) is 19.3. The van der Waals surface area contributed by atoms with Crippen LogP contribution in [0.1, 0.15) is 19.3 Å². The molecule has 2 rings (SSSR count). The first-order valence-corrected chi connectivity index (χ1v) is 8.76. The van der Waals surface area contributed by atoms with Gasteiger partial charge in [0.1, 0.15) is 5.75 Å². The Labute approximate surface area is 156 Å². The van der Waals surface area contributed by atoms with E-state index in [-0.39, 0.29) is 5.91 Å². The zero-order chi connectivity index (χ0) is 17.9. The van der Waals surface area contributed by atoms with Crippen molar-refractivity contribution in [2.24, 2.45) is 0 Å². The van der Waals surface area contributed by atoms with Crippen molar-refractivity contribution in [2.75, 3.05) is 25.0 Å². The number of hydrogen-bond donors (Lipinski definition) is 2. The number of aromatic nitrogens is 2. The Morgan fingerprint density at radius 3 is 2.68 bits per heavy atom. The molecule has 0 radical (unpaired) electrons. The monoisotopic (exact) mass is 382 g/mol. The molecule has 6 nitrogen and oxygen atoms in total. The highest BCUT2D eigenvalue weighted by Gasteiger charge is 2.04. The van der Waals surface area contributed by atoms with Gasteiger partial charge in [-0.2, -0.15) is 0 Å². The van der Waals surface area contributed by atoms with Gasteiger partial charge >= 0.3 is 0 Å². The summed E-state index contributed by atoms with van der Waals surface area (Å²) in [4.78, 5) is 19.9. The third-order valence-corrected chi connectivity index (χ3v) is 3.75. The molecule has 134 valence electrons. The fourth-order valence-corrected chi connectivity index (χ4v) is 2.47. The van der Waals surface area contributed by atoms with Gasteiger partial charge in [-0.25, -0.2) is 9.97 Å². The third-order valence-electron chi connectivity index (χ3n) is 3.22. The van der Waals surface area contributed by atoms with E-state index in [9.17, 15) is 4.79 Å². The Kier molecular flexibility index (Phi) is 8.28. The number of carbonyl (C=O) groups is 1. The highest BCUT2D eigenvalue weighted by atomic mass is 35.5. The minimum atomic E-state index is 0.00163. The third kappa shape index (κ3) is 7.58. The Morgan fingerprint density at radius 1 is 1.12 bits per heavy atom. The van der Waals surface area contributed by atoms with Gasteiger partial charge in [-0.3, -0.25) is 4.79 Å². The zero-order valence-electron chi connectivity index (χ0n) is 13.7. The zero-order valence-corrected chi connectivity index (χ0v) is 15.2. The molecule has 2 aromatic rings. The summed E-state index contributed by atoms with van der Waals surface area (Å²) in [6.45, 7) is 1.71. The number of anilines is 1. The summed E-state index contributed by atoms with van der Waals surface area (Å²) >= 11 is 11.8. The van der Waals surface area contributed by atoms with Crippen molar-refractivity contribution in [1.29, 1.82) is 0 Å². The maximum Gasteiger partial charge on any atom is 0.222 e. The maximum atomic E-state index is 11.7. The van der Waals surface area contributed by atoms with Gasteiger partial charge in [-0.1, -0.05) is 23.2 Å². The Hall–Kier alpha value is -2.05. The van der Waals surface area contributed by atoms with Gasteiger partial charge in [0.15, 0.2) is 0 Å². The lowest BCUT2D eigenvalue weighted by atomic mass is 10.3. The van der Waals surface area contributed by atoms with Crippen molar-refractivity contribution in [3.63, 3.8) is 0 Å². The van der Waals surface area contributed by atoms with E-state index >= 15 is 0 Å². The number of nitrogens with one attached hydrogen (secondary N) is 2. The summed E-state index contributed by atoms with van der Waals surface area (Å²) in [6, 6.07) is 6.81. The van der Waals surface area contributed by atoms with E-state index in [1.54, 1.807) is 36.7 Å². The molecule has 1 aromatic heterocycles. The molecule has 1 amide bonds. The lowest BCUT2D eigenvalue weighted by Gasteiger charge is -2.09. The summed E-state index contributed by atoms with van der Waals surface area (Å²) < 4.78 is 5.54. The number of hydrogen-bond acceptors (Lipinski definition) is 5. The summed E-state index contributed by atoms with van der Waals surface area (Å²) in [5.41, 5.74) is 0. The lowest BCUT2D eigenvalue weighted by molar-refractivity contribution is -0.121. The van der Waals surface area contributed by atoms with Crippen LogP contribution in [0.25, 0.3) is 0 Å². The Balaban J connectivity index is 1.51. The minimum Gasteiger partial charge on any atom is -0.492 e. The molecule has 0 aliphatic carbocycles. The van der Waals surface area contributed by atoms with Crippen LogP contribution >= 0.6 is 23.2 Å². The van der Waals surface area contributed by atoms with Crippen LogP contribution in [0, 0.1) is 0 Å². The highest BCUT2D eigenvalue weighted by molar-refractivity contribution is 6.35. The molecule has 0 saturated carbocycles. The van der Waals surface area contributed by atoms with E-state index in [1.807, 2.05) is 0 Å². The molecular formula is C17H20Cl2N4O2. The van der Waals surface area contributed by atoms with Crippen molar-refractivity contribution in [2.45, 2.75) is 19.3 Å². The first-order valence-electron chi connectivity index (χ1n) is 8.00. The van der Waals surface area contributed by atoms with Crippen LogP contribution in [0.2, 0.25) is 10.0 Å². The van der Waals surface area contributed by atoms with E-state index in [0.717, 1.165) is 6.42 Å². The number of halogens is 2. The van der Waals surface area contributed by atoms with Gasteiger partial charge < -0.3 is 15.4 Å². The second kappa shape index (κ2) is 10.7. The van der Waals surface area contributed by atoms with Gasteiger partial charge in [-0.05, 0) is 37.1 Å². The molecule has 1 aromatic carbocycles. The van der Waals surface area contributed by atoms with Gasteiger partial charge in [0.05, 0.1) is 11.6 Å². The van der Waals surface area contributed by atoms with Crippen molar-refractivity contribution in [3.05, 3.63) is 46.7 Å². The average molecular weight is 383 g/mol. The van der Waals surface area contributed by atoms with Gasteiger partial charge in [-0.15, -0.1) is 0 Å². The van der Waals surface area contributed by atoms with Crippen LogP contribution < -0.4 is 15.4 Å². The molecule has 0 bridgehead atoms. The van der Waals surface area contributed by atoms with Crippen LogP contribution in [-0.2, 0) is 4.79 Å². The van der Waals surface area contributed by atoms with Crippen molar-refractivity contribution in [1.82, 2.24) is 15.3 Å². The van der Waals surface area contributed by atoms with Crippen molar-refractivity contribution < 1.29 is 9.53 Å². The van der Waals surface area contributed by atoms with Crippen LogP contribution in [0.3, 0.4) is 0 Å². The van der Waals surface area contributed by atoms with E-state index in [1.165, 1.54) is 0 Å². The molecule has 0 aliphatic heterocycles. The molecule has 0 aliphatic rings. The SMILES string of the molecule is O=C(CCCOc1ccc(Cl)cc1Cl)NCCCNc1ncccn1. The fourth-order valence-electron chi connectivity index (χ4n) is 2.00. The largest absolute Gasteiger partial charge is 0.492 e. The quantitative estimate of drug-likeness (QED) is 0.614. The van der Waals surface area contributed by atoms with Gasteiger partial charge in [0.2, 0.25) is 11.9 Å². The molecule has 0 fully saturated rings. The second-order valence-corrected chi connectivity index (χ2v) is 6.07. The first-order chi connectivity index (χ1) is 12.1. The molecule has 1 heterocycles. The molecule has 25 heavy (non-hydrogen) atoms. The van der Waals surface area contributed by atoms with Crippen LogP contribution in [0.5, 0.6) is 5.75 Å². The van der Waals surface area contributed by atoms with Crippen LogP contribution in [0.4, 0.5) is 5.95 Å². The van der Waals surface area contributed by atoms with Gasteiger partial charge in [0, 0.05) is 36.9 Å². The van der Waals surface area contributed by atoms with Gasteiger partial charge in [0.25, 0.3) is 0 Å². The number of benzene rings is 1. The smallest absolute Gasteiger partial charge is 0.222 e. The van der Waals surface area contributed by atoms with Crippen molar-refractivity contribution >= 4 is 35.1 Å². The second-order valence-electron chi connectivity index (χ2n) is 5.23. The summed E-state index contributed by atoms with van der Waals surface area (Å²) in [7, 11) is 0. The number of ether oxygens (including phenoxy) is 1. The van der Waals surface area contributed by atoms with Crippen LogP contribution in [0.15, 0.2) is 36.7 Å². The molecule has 0 saturated heterocycles. The molecule has 2 N–H and O–H groups in total. The van der Waals surface area contributed by atoms with E-state index in [0.29, 0.717) is 54.3 Å². The lowest BCUT2D eigenvalue weighted by Crippen LogP contribution is -2.26. The average Bonchev–Trinajstić information content (AvgIpc) is 2.61. The number of carbonyl (C=O) groups excluding carboxylic acids is 1. The highest BCUT2D eigenvalue weighted by Crippen LogP contribution is 2.27.